The number of hydrogen-bond acceptors (Lipinski definition) is 0. The number of halogens is 1. The van der Waals surface area contributed by atoms with Crippen molar-refractivity contribution in [3.63, 3.8) is 0 Å². The number of hydrogen-bond donors (Lipinski definition) is 0. The molecule has 38 heavy (non-hydrogen) atoms. The van der Waals surface area contributed by atoms with Gasteiger partial charge in [0.05, 0.1) is 0 Å². The molecular formula is C37H53F. The Morgan fingerprint density at radius 3 is 1.92 bits per heavy atom. The van der Waals surface area contributed by atoms with Crippen molar-refractivity contribution in [2.45, 2.75) is 141 Å². The van der Waals surface area contributed by atoms with E-state index in [1.165, 1.54) is 107 Å². The summed E-state index contributed by atoms with van der Waals surface area (Å²) in [6.07, 6.45) is 20.4. The van der Waals surface area contributed by atoms with Gasteiger partial charge in [0.2, 0.25) is 0 Å². The second-order valence-electron chi connectivity index (χ2n) is 13.5. The Bertz CT molecular complexity index is 998. The van der Waals surface area contributed by atoms with Crippen molar-refractivity contribution >= 4 is 0 Å². The van der Waals surface area contributed by atoms with Crippen LogP contribution in [-0.2, 0) is 11.8 Å². The van der Waals surface area contributed by atoms with E-state index >= 15 is 4.39 Å². The maximum atomic E-state index is 15.7. The predicted octanol–water partition coefficient (Wildman–Crippen LogP) is 11.3. The zero-order valence-corrected chi connectivity index (χ0v) is 24.6. The second-order valence-corrected chi connectivity index (χ2v) is 13.5. The molecule has 0 aliphatic heterocycles. The van der Waals surface area contributed by atoms with Crippen LogP contribution >= 0.6 is 0 Å². The summed E-state index contributed by atoms with van der Waals surface area (Å²) in [6, 6.07) is 16.0. The van der Waals surface area contributed by atoms with Gasteiger partial charge >= 0.3 is 0 Å². The van der Waals surface area contributed by atoms with E-state index in [2.05, 4.69) is 57.2 Å². The lowest BCUT2D eigenvalue weighted by Crippen LogP contribution is -2.36. The Morgan fingerprint density at radius 1 is 0.763 bits per heavy atom. The van der Waals surface area contributed by atoms with Crippen LogP contribution in [0.4, 0.5) is 4.39 Å². The Kier molecular flexibility index (Phi) is 9.33. The highest BCUT2D eigenvalue weighted by atomic mass is 19.1. The van der Waals surface area contributed by atoms with E-state index in [0.717, 1.165) is 29.7 Å². The van der Waals surface area contributed by atoms with Gasteiger partial charge in [-0.25, -0.2) is 4.39 Å². The fourth-order valence-corrected chi connectivity index (χ4v) is 8.98. The van der Waals surface area contributed by atoms with Crippen molar-refractivity contribution in [1.29, 1.82) is 0 Å². The first kappa shape index (κ1) is 27.9. The van der Waals surface area contributed by atoms with Crippen LogP contribution in [0, 0.1) is 23.6 Å². The van der Waals surface area contributed by atoms with Crippen LogP contribution in [0.25, 0.3) is 0 Å². The topological polar surface area (TPSA) is 0 Å². The van der Waals surface area contributed by atoms with E-state index < -0.39 is 0 Å². The van der Waals surface area contributed by atoms with Crippen LogP contribution < -0.4 is 0 Å². The smallest absolute Gasteiger partial charge is 0.126 e. The van der Waals surface area contributed by atoms with Crippen LogP contribution in [0.3, 0.4) is 0 Å². The maximum Gasteiger partial charge on any atom is 0.126 e. The number of benzene rings is 2. The zero-order chi connectivity index (χ0) is 26.5. The molecule has 0 nitrogen and oxygen atoms in total. The minimum Gasteiger partial charge on any atom is -0.207 e. The molecule has 0 saturated heterocycles. The summed E-state index contributed by atoms with van der Waals surface area (Å²) in [5, 5.41) is 0. The van der Waals surface area contributed by atoms with Gasteiger partial charge in [-0.05, 0) is 134 Å². The molecule has 0 aromatic heterocycles. The van der Waals surface area contributed by atoms with E-state index in [0.29, 0.717) is 11.8 Å². The monoisotopic (exact) mass is 516 g/mol. The van der Waals surface area contributed by atoms with Gasteiger partial charge in [-0.15, -0.1) is 0 Å². The summed E-state index contributed by atoms with van der Waals surface area (Å²) in [5.74, 6) is 3.66. The first-order chi connectivity index (χ1) is 18.5. The highest BCUT2D eigenvalue weighted by Crippen LogP contribution is 2.49. The molecule has 0 spiro atoms. The summed E-state index contributed by atoms with van der Waals surface area (Å²) in [6.45, 7) is 6.96. The highest BCUT2D eigenvalue weighted by Gasteiger charge is 2.39. The van der Waals surface area contributed by atoms with Gasteiger partial charge in [-0.3, -0.25) is 0 Å². The lowest BCUT2D eigenvalue weighted by Gasteiger charge is -2.43. The molecule has 1 unspecified atom stereocenters. The minimum absolute atomic E-state index is 0.0918. The van der Waals surface area contributed by atoms with Gasteiger partial charge in [0.1, 0.15) is 5.82 Å². The maximum absolute atomic E-state index is 15.7. The first-order valence-corrected chi connectivity index (χ1v) is 16.4. The third-order valence-corrected chi connectivity index (χ3v) is 11.5. The first-order valence-electron chi connectivity index (χ1n) is 16.4. The molecule has 3 aliphatic carbocycles. The largest absolute Gasteiger partial charge is 0.207 e. The molecule has 0 heterocycles. The highest BCUT2D eigenvalue weighted by molar-refractivity contribution is 5.34. The lowest BCUT2D eigenvalue weighted by molar-refractivity contribution is 0.176. The molecule has 208 valence electrons. The normalized spacial score (nSPS) is 28.6. The molecule has 3 fully saturated rings. The van der Waals surface area contributed by atoms with Crippen molar-refractivity contribution in [2.75, 3.05) is 0 Å². The van der Waals surface area contributed by atoms with Crippen LogP contribution in [-0.4, -0.2) is 0 Å². The molecule has 5 rings (SSSR count). The van der Waals surface area contributed by atoms with Crippen LogP contribution in [0.1, 0.15) is 151 Å². The van der Waals surface area contributed by atoms with Crippen molar-refractivity contribution in [3.8, 4) is 0 Å². The van der Waals surface area contributed by atoms with Crippen molar-refractivity contribution in [1.82, 2.24) is 0 Å². The fraction of sp³-hybridized carbons (Fsp3) is 0.676. The molecule has 3 saturated carbocycles. The quantitative estimate of drug-likeness (QED) is 0.327. The summed E-state index contributed by atoms with van der Waals surface area (Å²) in [4.78, 5) is 0. The Balaban J connectivity index is 1.17. The average Bonchev–Trinajstić information content (AvgIpc) is 2.98. The molecule has 3 aliphatic rings. The molecule has 0 amide bonds. The SMILES string of the molecule is CCCC(C)C1(c2ccc([C@H]3CC[C@H]([C@H]4CC[C@H](c5ccc(CC)cc5)CC4)CC3)c(F)c2)CCCCC1. The molecule has 0 radical (unpaired) electrons. The van der Waals surface area contributed by atoms with Gasteiger partial charge in [-0.1, -0.05) is 89.3 Å². The number of aryl methyl sites for hydroxylation is 1. The van der Waals surface area contributed by atoms with Crippen LogP contribution in [0.15, 0.2) is 42.5 Å². The molecule has 1 heteroatoms. The van der Waals surface area contributed by atoms with Gasteiger partial charge in [0.15, 0.2) is 0 Å². The zero-order valence-electron chi connectivity index (χ0n) is 24.6. The third kappa shape index (κ3) is 5.93. The summed E-state index contributed by atoms with van der Waals surface area (Å²) in [7, 11) is 0. The van der Waals surface area contributed by atoms with Gasteiger partial charge in [0, 0.05) is 0 Å². The van der Waals surface area contributed by atoms with E-state index in [1.807, 2.05) is 6.07 Å². The molecule has 0 N–H and O–H groups in total. The van der Waals surface area contributed by atoms with Crippen LogP contribution in [0.5, 0.6) is 0 Å². The van der Waals surface area contributed by atoms with E-state index in [4.69, 9.17) is 0 Å². The van der Waals surface area contributed by atoms with E-state index in [-0.39, 0.29) is 11.2 Å². The minimum atomic E-state index is 0.0918. The van der Waals surface area contributed by atoms with E-state index in [1.54, 1.807) is 5.56 Å². The van der Waals surface area contributed by atoms with Gasteiger partial charge in [-0.2, -0.15) is 0 Å². The number of rotatable bonds is 8. The van der Waals surface area contributed by atoms with Crippen LogP contribution in [0.2, 0.25) is 0 Å². The summed E-state index contributed by atoms with van der Waals surface area (Å²) < 4.78 is 15.7. The Labute approximate surface area is 233 Å². The third-order valence-electron chi connectivity index (χ3n) is 11.5. The lowest BCUT2D eigenvalue weighted by atomic mass is 9.61. The molecule has 2 aromatic carbocycles. The standard InChI is InChI=1S/C37H53F/c1-4-9-27(3)37(24-7-6-8-25-37)34-22-23-35(36(38)26-34)33-20-18-32(19-21-33)31-16-14-30(15-17-31)29-12-10-28(5-2)11-13-29/h10-13,22-23,26-27,30-33H,4-9,14-21,24-25H2,1-3H3/t27?,30-,31-,32-,33-. The van der Waals surface area contributed by atoms with Crippen molar-refractivity contribution < 1.29 is 4.39 Å². The Hall–Kier alpha value is -1.63. The van der Waals surface area contributed by atoms with Crippen molar-refractivity contribution in [2.24, 2.45) is 17.8 Å². The Morgan fingerprint density at radius 2 is 1.37 bits per heavy atom. The van der Waals surface area contributed by atoms with Crippen molar-refractivity contribution in [3.05, 3.63) is 70.5 Å². The molecular weight excluding hydrogens is 463 g/mol. The van der Waals surface area contributed by atoms with Gasteiger partial charge < -0.3 is 0 Å². The summed E-state index contributed by atoms with van der Waals surface area (Å²) >= 11 is 0. The second kappa shape index (κ2) is 12.7. The molecule has 1 atom stereocenters. The van der Waals surface area contributed by atoms with Gasteiger partial charge in [0.25, 0.3) is 0 Å². The average molecular weight is 517 g/mol. The summed E-state index contributed by atoms with van der Waals surface area (Å²) in [5.41, 5.74) is 5.52. The fourth-order valence-electron chi connectivity index (χ4n) is 8.98. The molecule has 2 aromatic rings. The van der Waals surface area contributed by atoms with E-state index in [9.17, 15) is 0 Å². The molecule has 0 bridgehead atoms. The predicted molar refractivity (Wildman–Crippen MR) is 160 cm³/mol.